The highest BCUT2D eigenvalue weighted by atomic mass is 35.5. The van der Waals surface area contributed by atoms with E-state index in [2.05, 4.69) is 5.32 Å². The number of hydrogen-bond acceptors (Lipinski definition) is 3. The summed E-state index contributed by atoms with van der Waals surface area (Å²) < 4.78 is 31.8. The van der Waals surface area contributed by atoms with Gasteiger partial charge in [0.05, 0.1) is 0 Å². The molecular formula is C21H23ClF2N2O2. The van der Waals surface area contributed by atoms with Crippen LogP contribution < -0.4 is 10.1 Å². The number of halogens is 3. The Kier molecular flexibility index (Phi) is 6.20. The highest BCUT2D eigenvalue weighted by Crippen LogP contribution is 2.37. The molecule has 2 saturated heterocycles. The van der Waals surface area contributed by atoms with Gasteiger partial charge in [-0.2, -0.15) is 0 Å². The number of nitrogens with zero attached hydrogens (tertiary/aromatic N) is 1. The molecule has 2 heterocycles. The molecule has 1 N–H and O–H groups in total. The van der Waals surface area contributed by atoms with Gasteiger partial charge in [0.2, 0.25) is 0 Å². The maximum Gasteiger partial charge on any atom is 0.253 e. The zero-order chi connectivity index (χ0) is 18.9. The normalized spacial score (nSPS) is 18.0. The number of nitrogens with one attached hydrogen (secondary N) is 1. The molecule has 0 aliphatic carbocycles. The highest BCUT2D eigenvalue weighted by molar-refractivity contribution is 5.94. The number of rotatable bonds is 3. The smallest absolute Gasteiger partial charge is 0.253 e. The average Bonchev–Trinajstić information content (AvgIpc) is 3.13. The number of hydrogen-bond donors (Lipinski definition) is 1. The van der Waals surface area contributed by atoms with E-state index in [1.165, 1.54) is 12.5 Å². The standard InChI is InChI=1S/C21H22F2N2O2.ClH/c22-18-6-5-17(13-19(18)23)27-16-3-1-15(2-4-16)20(26)25-11-8-21(9-12-25)7-10-24-14-21;/h1-6,13,24H,7-12,14H2;1H. The van der Waals surface area contributed by atoms with E-state index < -0.39 is 11.6 Å². The number of likely N-dealkylation sites (tertiary alicyclic amines) is 1. The van der Waals surface area contributed by atoms with Gasteiger partial charge in [0.15, 0.2) is 11.6 Å². The number of piperidine rings is 1. The summed E-state index contributed by atoms with van der Waals surface area (Å²) in [6, 6.07) is 10.1. The van der Waals surface area contributed by atoms with Crippen LogP contribution in [-0.2, 0) is 0 Å². The summed E-state index contributed by atoms with van der Waals surface area (Å²) in [4.78, 5) is 14.6. The number of carbonyl (C=O) groups excluding carboxylic acids is 1. The van der Waals surface area contributed by atoms with E-state index in [1.54, 1.807) is 24.3 Å². The third-order valence-corrected chi connectivity index (χ3v) is 5.67. The minimum absolute atomic E-state index is 0. The van der Waals surface area contributed by atoms with E-state index in [9.17, 15) is 13.6 Å². The Morgan fingerprint density at radius 2 is 1.64 bits per heavy atom. The van der Waals surface area contributed by atoms with Crippen molar-refractivity contribution in [2.75, 3.05) is 26.2 Å². The van der Waals surface area contributed by atoms with Gasteiger partial charge < -0.3 is 15.0 Å². The average molecular weight is 409 g/mol. The van der Waals surface area contributed by atoms with Gasteiger partial charge in [0, 0.05) is 31.3 Å². The molecule has 1 spiro atoms. The summed E-state index contributed by atoms with van der Waals surface area (Å²) in [5.41, 5.74) is 0.979. The first-order chi connectivity index (χ1) is 13.0. The molecule has 1 amide bonds. The van der Waals surface area contributed by atoms with Crippen molar-refractivity contribution in [1.82, 2.24) is 10.2 Å². The third-order valence-electron chi connectivity index (χ3n) is 5.67. The number of amides is 1. The lowest BCUT2D eigenvalue weighted by molar-refractivity contribution is 0.0607. The predicted octanol–water partition coefficient (Wildman–Crippen LogP) is 4.39. The van der Waals surface area contributed by atoms with Crippen LogP contribution in [0.4, 0.5) is 8.78 Å². The van der Waals surface area contributed by atoms with Crippen LogP contribution in [0.15, 0.2) is 42.5 Å². The molecule has 2 aliphatic rings. The second-order valence-electron chi connectivity index (χ2n) is 7.42. The van der Waals surface area contributed by atoms with Crippen molar-refractivity contribution in [3.05, 3.63) is 59.7 Å². The van der Waals surface area contributed by atoms with Gasteiger partial charge in [-0.1, -0.05) is 0 Å². The minimum atomic E-state index is -0.959. The van der Waals surface area contributed by atoms with Crippen molar-refractivity contribution in [1.29, 1.82) is 0 Å². The van der Waals surface area contributed by atoms with Gasteiger partial charge in [-0.15, -0.1) is 12.4 Å². The Balaban J connectivity index is 0.00000225. The van der Waals surface area contributed by atoms with E-state index >= 15 is 0 Å². The molecule has 2 aromatic rings. The molecule has 2 aromatic carbocycles. The van der Waals surface area contributed by atoms with Crippen molar-refractivity contribution in [3.63, 3.8) is 0 Å². The molecule has 0 aromatic heterocycles. The predicted molar refractivity (Wildman–Crippen MR) is 105 cm³/mol. The van der Waals surface area contributed by atoms with Crippen LogP contribution in [0.5, 0.6) is 11.5 Å². The van der Waals surface area contributed by atoms with Crippen molar-refractivity contribution < 1.29 is 18.3 Å². The lowest BCUT2D eigenvalue weighted by atomic mass is 9.78. The lowest BCUT2D eigenvalue weighted by Crippen LogP contribution is -2.44. The van der Waals surface area contributed by atoms with Gasteiger partial charge in [-0.3, -0.25) is 4.79 Å². The summed E-state index contributed by atoms with van der Waals surface area (Å²) in [5.74, 6) is -1.18. The Morgan fingerprint density at radius 1 is 0.964 bits per heavy atom. The number of benzene rings is 2. The fourth-order valence-electron chi connectivity index (χ4n) is 3.93. The highest BCUT2D eigenvalue weighted by Gasteiger charge is 2.38. The Hall–Kier alpha value is -2.18. The molecule has 150 valence electrons. The van der Waals surface area contributed by atoms with Crippen molar-refractivity contribution >= 4 is 18.3 Å². The Labute approximate surface area is 169 Å². The maximum absolute atomic E-state index is 13.3. The molecule has 7 heteroatoms. The second-order valence-corrected chi connectivity index (χ2v) is 7.42. The Morgan fingerprint density at radius 3 is 2.25 bits per heavy atom. The molecule has 0 radical (unpaired) electrons. The molecule has 4 nitrogen and oxygen atoms in total. The van der Waals surface area contributed by atoms with E-state index in [-0.39, 0.29) is 24.1 Å². The van der Waals surface area contributed by atoms with Crippen molar-refractivity contribution in [2.24, 2.45) is 5.41 Å². The zero-order valence-corrected chi connectivity index (χ0v) is 16.2. The van der Waals surface area contributed by atoms with Gasteiger partial charge in [-0.05, 0) is 67.6 Å². The first-order valence-corrected chi connectivity index (χ1v) is 9.28. The lowest BCUT2D eigenvalue weighted by Gasteiger charge is -2.38. The Bertz CT molecular complexity index is 829. The summed E-state index contributed by atoms with van der Waals surface area (Å²) in [7, 11) is 0. The molecule has 2 aliphatic heterocycles. The largest absolute Gasteiger partial charge is 0.457 e. The molecule has 0 bridgehead atoms. The van der Waals surface area contributed by atoms with Crippen LogP contribution in [-0.4, -0.2) is 37.0 Å². The van der Waals surface area contributed by atoms with E-state index in [4.69, 9.17) is 4.74 Å². The summed E-state index contributed by atoms with van der Waals surface area (Å²) >= 11 is 0. The number of carbonyl (C=O) groups is 1. The summed E-state index contributed by atoms with van der Waals surface area (Å²) in [5, 5.41) is 3.43. The zero-order valence-electron chi connectivity index (χ0n) is 15.4. The second kappa shape index (κ2) is 8.45. The van der Waals surface area contributed by atoms with Gasteiger partial charge in [-0.25, -0.2) is 8.78 Å². The topological polar surface area (TPSA) is 41.6 Å². The SMILES string of the molecule is Cl.O=C(c1ccc(Oc2ccc(F)c(F)c2)cc1)N1CCC2(CCNC2)CC1. The first-order valence-electron chi connectivity index (χ1n) is 9.28. The van der Waals surface area contributed by atoms with E-state index in [1.807, 2.05) is 4.90 Å². The molecule has 4 rings (SSSR count). The molecule has 0 unspecified atom stereocenters. The molecule has 28 heavy (non-hydrogen) atoms. The van der Waals surface area contributed by atoms with E-state index in [0.717, 1.165) is 51.2 Å². The fourth-order valence-corrected chi connectivity index (χ4v) is 3.93. The van der Waals surface area contributed by atoms with Gasteiger partial charge >= 0.3 is 0 Å². The maximum atomic E-state index is 13.3. The van der Waals surface area contributed by atoms with Crippen LogP contribution in [0.3, 0.4) is 0 Å². The van der Waals surface area contributed by atoms with Crippen LogP contribution >= 0.6 is 12.4 Å². The van der Waals surface area contributed by atoms with Crippen LogP contribution in [0.25, 0.3) is 0 Å². The van der Waals surface area contributed by atoms with Crippen molar-refractivity contribution in [3.8, 4) is 11.5 Å². The molecule has 0 saturated carbocycles. The third kappa shape index (κ3) is 4.28. The molecule has 0 atom stereocenters. The quantitative estimate of drug-likeness (QED) is 0.818. The summed E-state index contributed by atoms with van der Waals surface area (Å²) in [6.07, 6.45) is 3.29. The molecule has 2 fully saturated rings. The van der Waals surface area contributed by atoms with E-state index in [0.29, 0.717) is 16.7 Å². The van der Waals surface area contributed by atoms with Crippen molar-refractivity contribution in [2.45, 2.75) is 19.3 Å². The monoisotopic (exact) mass is 408 g/mol. The van der Waals surface area contributed by atoms with Crippen LogP contribution in [0, 0.1) is 17.0 Å². The summed E-state index contributed by atoms with van der Waals surface area (Å²) in [6.45, 7) is 3.71. The van der Waals surface area contributed by atoms with Crippen LogP contribution in [0.2, 0.25) is 0 Å². The van der Waals surface area contributed by atoms with Gasteiger partial charge in [0.25, 0.3) is 5.91 Å². The first kappa shape index (κ1) is 20.6. The minimum Gasteiger partial charge on any atom is -0.457 e. The number of ether oxygens (including phenoxy) is 1. The van der Waals surface area contributed by atoms with Gasteiger partial charge in [0.1, 0.15) is 11.5 Å². The molecular weight excluding hydrogens is 386 g/mol. The fraction of sp³-hybridized carbons (Fsp3) is 0.381. The van der Waals surface area contributed by atoms with Crippen LogP contribution in [0.1, 0.15) is 29.6 Å².